The highest BCUT2D eigenvalue weighted by Gasteiger charge is 2.14. The van der Waals surface area contributed by atoms with Crippen LogP contribution >= 0.6 is 20.6 Å². The van der Waals surface area contributed by atoms with Crippen molar-refractivity contribution in [2.75, 3.05) is 19.6 Å². The predicted octanol–water partition coefficient (Wildman–Crippen LogP) is 2.02. The predicted molar refractivity (Wildman–Crippen MR) is 86.7 cm³/mol. The Bertz CT molecular complexity index is 633. The molecule has 1 aliphatic heterocycles. The highest BCUT2D eigenvalue weighted by molar-refractivity contribution is 7.44. The van der Waals surface area contributed by atoms with Crippen LogP contribution in [0.1, 0.15) is 23.5 Å². The van der Waals surface area contributed by atoms with Gasteiger partial charge in [0.05, 0.1) is 11.1 Å². The molecule has 2 aromatic rings. The van der Waals surface area contributed by atoms with Crippen LogP contribution in [0.2, 0.25) is 0 Å². The molecule has 0 spiro atoms. The minimum atomic E-state index is 0.697. The number of thiazole rings is 1. The van der Waals surface area contributed by atoms with Crippen molar-refractivity contribution in [1.29, 1.82) is 0 Å². The van der Waals surface area contributed by atoms with Crippen LogP contribution in [-0.4, -0.2) is 40.0 Å². The molecule has 0 radical (unpaired) electrons. The number of hydrogen-bond donors (Lipinski definition) is 1. The number of aromatic nitrogens is 3. The molecule has 0 bridgehead atoms. The number of nitrogens with one attached hydrogen (secondary N) is 1. The smallest absolute Gasteiger partial charge is 0.147 e. The second kappa shape index (κ2) is 6.20. The SMILES string of the molecule is Cc1ncnc2sc(C(P)=NCC3CCNCC3)nc12. The quantitative estimate of drug-likeness (QED) is 0.696. The van der Waals surface area contributed by atoms with Gasteiger partial charge in [0.15, 0.2) is 0 Å². The first-order valence-corrected chi connectivity index (χ1v) is 8.22. The van der Waals surface area contributed by atoms with E-state index >= 15 is 0 Å². The molecule has 1 fully saturated rings. The van der Waals surface area contributed by atoms with Crippen molar-refractivity contribution in [2.24, 2.45) is 10.9 Å². The van der Waals surface area contributed by atoms with Gasteiger partial charge < -0.3 is 5.32 Å². The zero-order chi connectivity index (χ0) is 13.9. The maximum atomic E-state index is 4.69. The van der Waals surface area contributed by atoms with Gasteiger partial charge in [-0.25, -0.2) is 15.0 Å². The number of aliphatic imine (C=N–C) groups is 1. The van der Waals surface area contributed by atoms with Crippen molar-refractivity contribution in [1.82, 2.24) is 20.3 Å². The molecule has 1 saturated heterocycles. The molecule has 1 atom stereocenters. The monoisotopic (exact) mass is 307 g/mol. The molecule has 106 valence electrons. The van der Waals surface area contributed by atoms with Gasteiger partial charge in [0.25, 0.3) is 0 Å². The second-order valence-corrected chi connectivity index (χ2v) is 6.58. The van der Waals surface area contributed by atoms with Crippen LogP contribution in [0.3, 0.4) is 0 Å². The van der Waals surface area contributed by atoms with E-state index in [1.54, 1.807) is 17.7 Å². The molecule has 1 unspecified atom stereocenters. The first kappa shape index (κ1) is 14.0. The molecule has 1 N–H and O–H groups in total. The van der Waals surface area contributed by atoms with E-state index in [1.807, 2.05) is 6.92 Å². The Kier molecular flexibility index (Phi) is 4.34. The lowest BCUT2D eigenvalue weighted by Crippen LogP contribution is -2.29. The van der Waals surface area contributed by atoms with E-state index in [1.165, 1.54) is 12.8 Å². The minimum absolute atomic E-state index is 0.697. The van der Waals surface area contributed by atoms with E-state index in [9.17, 15) is 0 Å². The Morgan fingerprint density at radius 1 is 1.45 bits per heavy atom. The highest BCUT2D eigenvalue weighted by atomic mass is 32.1. The summed E-state index contributed by atoms with van der Waals surface area (Å²) in [7, 11) is 2.71. The molecule has 0 saturated carbocycles. The lowest BCUT2D eigenvalue weighted by molar-refractivity contribution is 0.383. The number of rotatable bonds is 3. The minimum Gasteiger partial charge on any atom is -0.317 e. The fraction of sp³-hybridized carbons (Fsp3) is 0.538. The lowest BCUT2D eigenvalue weighted by Gasteiger charge is -2.20. The van der Waals surface area contributed by atoms with Gasteiger partial charge >= 0.3 is 0 Å². The summed E-state index contributed by atoms with van der Waals surface area (Å²) in [6.07, 6.45) is 4.02. The lowest BCUT2D eigenvalue weighted by atomic mass is 9.99. The van der Waals surface area contributed by atoms with Crippen molar-refractivity contribution < 1.29 is 0 Å². The van der Waals surface area contributed by atoms with Crippen molar-refractivity contribution in [3.63, 3.8) is 0 Å². The largest absolute Gasteiger partial charge is 0.317 e. The van der Waals surface area contributed by atoms with Crippen LogP contribution in [0, 0.1) is 12.8 Å². The van der Waals surface area contributed by atoms with Gasteiger partial charge in [-0.2, -0.15) is 0 Å². The standard InChI is InChI=1S/C13H18N5PS/c1-8-10-12(17-7-16-8)20-13(18-10)11(19)15-6-9-2-4-14-5-3-9/h7,9,14H,2-6,19H2,1H3. The highest BCUT2D eigenvalue weighted by Crippen LogP contribution is 2.24. The van der Waals surface area contributed by atoms with Crippen LogP contribution in [0.5, 0.6) is 0 Å². The molecule has 0 aliphatic carbocycles. The Morgan fingerprint density at radius 3 is 3.00 bits per heavy atom. The molecule has 1 aliphatic rings. The van der Waals surface area contributed by atoms with E-state index in [2.05, 4.69) is 29.5 Å². The first-order chi connectivity index (χ1) is 9.74. The van der Waals surface area contributed by atoms with Gasteiger partial charge in [0.2, 0.25) is 0 Å². The zero-order valence-corrected chi connectivity index (χ0v) is 13.4. The Morgan fingerprint density at radius 2 is 2.25 bits per heavy atom. The third-order valence-electron chi connectivity index (χ3n) is 3.58. The van der Waals surface area contributed by atoms with Gasteiger partial charge in [-0.15, -0.1) is 0 Å². The summed E-state index contributed by atoms with van der Waals surface area (Å²) in [5.41, 5.74) is 2.75. The molecule has 5 nitrogen and oxygen atoms in total. The topological polar surface area (TPSA) is 63.1 Å². The number of piperidine rings is 1. The third kappa shape index (κ3) is 3.03. The van der Waals surface area contributed by atoms with Gasteiger partial charge in [0, 0.05) is 6.54 Å². The van der Waals surface area contributed by atoms with Crippen LogP contribution in [0.15, 0.2) is 11.3 Å². The first-order valence-electron chi connectivity index (χ1n) is 6.83. The average molecular weight is 307 g/mol. The zero-order valence-electron chi connectivity index (χ0n) is 11.5. The Labute approximate surface area is 124 Å². The van der Waals surface area contributed by atoms with Gasteiger partial charge in [-0.1, -0.05) is 20.6 Å². The van der Waals surface area contributed by atoms with Crippen LogP contribution in [0.25, 0.3) is 10.3 Å². The fourth-order valence-corrected chi connectivity index (χ4v) is 3.56. The normalized spacial score (nSPS) is 17.8. The average Bonchev–Trinajstić information content (AvgIpc) is 2.91. The van der Waals surface area contributed by atoms with E-state index in [-0.39, 0.29) is 0 Å². The molecule has 7 heteroatoms. The summed E-state index contributed by atoms with van der Waals surface area (Å²) in [6, 6.07) is 0. The van der Waals surface area contributed by atoms with E-state index < -0.39 is 0 Å². The molecular weight excluding hydrogens is 289 g/mol. The summed E-state index contributed by atoms with van der Waals surface area (Å²) < 4.78 is 0. The number of nitrogens with zero attached hydrogens (tertiary/aromatic N) is 4. The second-order valence-electron chi connectivity index (χ2n) is 5.05. The number of hydrogen-bond acceptors (Lipinski definition) is 6. The van der Waals surface area contributed by atoms with Crippen LogP contribution in [-0.2, 0) is 0 Å². The van der Waals surface area contributed by atoms with Crippen LogP contribution in [0.4, 0.5) is 0 Å². The molecule has 3 rings (SSSR count). The van der Waals surface area contributed by atoms with Crippen LogP contribution < -0.4 is 5.32 Å². The molecule has 0 amide bonds. The summed E-state index contributed by atoms with van der Waals surface area (Å²) in [4.78, 5) is 18.7. The van der Waals surface area contributed by atoms with Crippen molar-refractivity contribution in [3.8, 4) is 0 Å². The van der Waals surface area contributed by atoms with Gasteiger partial charge in [0.1, 0.15) is 21.7 Å². The van der Waals surface area contributed by atoms with Crippen molar-refractivity contribution >= 4 is 36.4 Å². The molecule has 3 heterocycles. The van der Waals surface area contributed by atoms with Gasteiger partial charge in [-0.3, -0.25) is 4.99 Å². The van der Waals surface area contributed by atoms with Gasteiger partial charge in [-0.05, 0) is 38.8 Å². The molecular formula is C13H18N5PS. The maximum absolute atomic E-state index is 4.69. The fourth-order valence-electron chi connectivity index (χ4n) is 2.33. The third-order valence-corrected chi connectivity index (χ3v) is 5.23. The Balaban J connectivity index is 1.77. The van der Waals surface area contributed by atoms with Crippen molar-refractivity contribution in [3.05, 3.63) is 17.0 Å². The Hall–Kier alpha value is -0.970. The summed E-state index contributed by atoms with van der Waals surface area (Å²) in [5.74, 6) is 0.697. The maximum Gasteiger partial charge on any atom is 0.147 e. The van der Waals surface area contributed by atoms with Crippen molar-refractivity contribution in [2.45, 2.75) is 19.8 Å². The summed E-state index contributed by atoms with van der Waals surface area (Å²) >= 11 is 1.58. The summed E-state index contributed by atoms with van der Waals surface area (Å²) in [5, 5.41) is 4.31. The number of aryl methyl sites for hydroxylation is 1. The molecule has 0 aromatic carbocycles. The summed E-state index contributed by atoms with van der Waals surface area (Å²) in [6.45, 7) is 5.08. The van der Waals surface area contributed by atoms with E-state index in [0.29, 0.717) is 5.92 Å². The molecule has 20 heavy (non-hydrogen) atoms. The number of fused-ring (bicyclic) bond motifs is 1. The van der Waals surface area contributed by atoms with E-state index in [0.717, 1.165) is 46.1 Å². The molecule has 2 aromatic heterocycles. The van der Waals surface area contributed by atoms with E-state index in [4.69, 9.17) is 4.99 Å².